The van der Waals surface area contributed by atoms with Crippen molar-refractivity contribution in [1.29, 1.82) is 0 Å². The van der Waals surface area contributed by atoms with Gasteiger partial charge in [-0.15, -0.1) is 0 Å². The molecule has 0 radical (unpaired) electrons. The van der Waals surface area contributed by atoms with E-state index in [0.717, 1.165) is 77.2 Å². The number of carboxylic acid groups (broad SMARTS) is 1. The van der Waals surface area contributed by atoms with Crippen molar-refractivity contribution in [3.8, 4) is 0 Å². The lowest BCUT2D eigenvalue weighted by Crippen LogP contribution is -2.21. The minimum atomic E-state index is -0.957. The Morgan fingerprint density at radius 2 is 1.05 bits per heavy atom. The first-order valence-electron chi connectivity index (χ1n) is 20.2. The minimum Gasteiger partial charge on any atom is -0.478 e. The van der Waals surface area contributed by atoms with Crippen molar-refractivity contribution in [2.75, 3.05) is 6.61 Å². The van der Waals surface area contributed by atoms with Gasteiger partial charge >= 0.3 is 11.9 Å². The zero-order valence-electron chi connectivity index (χ0n) is 33.2. The van der Waals surface area contributed by atoms with E-state index in [4.69, 9.17) is 14.2 Å². The Morgan fingerprint density at radius 1 is 0.638 bits per heavy atom. The van der Waals surface area contributed by atoms with Crippen molar-refractivity contribution in [1.82, 2.24) is 19.2 Å². The van der Waals surface area contributed by atoms with E-state index < -0.39 is 5.97 Å². The normalized spacial score (nSPS) is 19.5. The third kappa shape index (κ3) is 9.41. The monoisotopic (exact) mass is 912 g/mol. The van der Waals surface area contributed by atoms with E-state index in [1.54, 1.807) is 28.9 Å². The molecule has 4 heterocycles. The number of aromatic nitrogens is 4. The first-order valence-corrected chi connectivity index (χ1v) is 21.8. The van der Waals surface area contributed by atoms with E-state index in [1.165, 1.54) is 11.1 Å². The fraction of sp³-hybridized carbons (Fsp3) is 0.391. The predicted octanol–water partition coefficient (Wildman–Crippen LogP) is 11.2. The maximum atomic E-state index is 12.4. The van der Waals surface area contributed by atoms with Crippen LogP contribution in [-0.2, 0) is 27.4 Å². The quantitative estimate of drug-likeness (QED) is 0.128. The van der Waals surface area contributed by atoms with Crippen LogP contribution in [0.25, 0.3) is 11.0 Å². The zero-order valence-corrected chi connectivity index (χ0v) is 36.4. The summed E-state index contributed by atoms with van der Waals surface area (Å²) in [5.41, 5.74) is 7.90. The Hall–Kier alpha value is -4.36. The van der Waals surface area contributed by atoms with Crippen LogP contribution < -0.4 is 0 Å². The van der Waals surface area contributed by atoms with Crippen LogP contribution in [0.4, 0.5) is 0 Å². The highest BCUT2D eigenvalue weighted by atomic mass is 79.9. The maximum absolute atomic E-state index is 12.4. The Balaban J connectivity index is 0.000000177. The molecule has 12 heteroatoms. The summed E-state index contributed by atoms with van der Waals surface area (Å²) in [4.78, 5) is 23.9. The predicted molar refractivity (Wildman–Crippen MR) is 231 cm³/mol. The maximum Gasteiger partial charge on any atom is 0.342 e. The van der Waals surface area contributed by atoms with Crippen LogP contribution in [0.1, 0.15) is 125 Å². The molecule has 1 N–H and O–H groups in total. The number of halogens is 2. The van der Waals surface area contributed by atoms with E-state index in [-0.39, 0.29) is 23.7 Å². The lowest BCUT2D eigenvalue weighted by atomic mass is 9.83. The summed E-state index contributed by atoms with van der Waals surface area (Å²) in [7, 11) is 0. The molecular weight excluding hydrogens is 864 g/mol. The molecular formula is C46H50Br2N4O6. The number of nitrogens with zero attached hydrogens (tertiary/aromatic N) is 4. The summed E-state index contributed by atoms with van der Waals surface area (Å²) in [6.07, 6.45) is 9.19. The van der Waals surface area contributed by atoms with Crippen molar-refractivity contribution in [2.24, 2.45) is 0 Å². The van der Waals surface area contributed by atoms with E-state index >= 15 is 0 Å². The van der Waals surface area contributed by atoms with E-state index in [2.05, 4.69) is 103 Å². The number of carbonyl (C=O) groups is 2. The van der Waals surface area contributed by atoms with Crippen LogP contribution >= 0.6 is 31.9 Å². The molecule has 2 fully saturated rings. The fourth-order valence-corrected chi connectivity index (χ4v) is 9.29. The number of benzene rings is 2. The van der Waals surface area contributed by atoms with Gasteiger partial charge in [0, 0.05) is 8.95 Å². The van der Waals surface area contributed by atoms with Gasteiger partial charge in [0.15, 0.2) is 0 Å². The fourth-order valence-electron chi connectivity index (χ4n) is 8.46. The Labute approximate surface area is 356 Å². The molecule has 304 valence electrons. The third-order valence-corrected chi connectivity index (χ3v) is 13.0. The largest absolute Gasteiger partial charge is 0.478 e. The van der Waals surface area contributed by atoms with Crippen molar-refractivity contribution in [2.45, 2.75) is 109 Å². The van der Waals surface area contributed by atoms with Gasteiger partial charge in [0.25, 0.3) is 0 Å². The van der Waals surface area contributed by atoms with Crippen molar-refractivity contribution >= 4 is 54.8 Å². The van der Waals surface area contributed by atoms with Crippen LogP contribution in [0.3, 0.4) is 0 Å². The molecule has 0 amide bonds. The molecule has 4 aromatic heterocycles. The van der Waals surface area contributed by atoms with Crippen LogP contribution in [0.15, 0.2) is 93.9 Å². The second-order valence-corrected chi connectivity index (χ2v) is 16.9. The first-order chi connectivity index (χ1) is 28.1. The van der Waals surface area contributed by atoms with Crippen LogP contribution in [0.5, 0.6) is 0 Å². The van der Waals surface area contributed by atoms with Gasteiger partial charge in [-0.2, -0.15) is 10.2 Å². The Morgan fingerprint density at radius 3 is 1.47 bits per heavy atom. The molecule has 2 aliphatic carbocycles. The number of aromatic carboxylic acids is 1. The summed E-state index contributed by atoms with van der Waals surface area (Å²) in [6, 6.07) is 28.9. The molecule has 0 saturated heterocycles. The average molecular weight is 915 g/mol. The SMILES string of the molecule is CCOC(=O)c1c(C)nn2c(COC3CCC(c4ccccc4)CC3)c(Br)ccc12.Cc1nn2c(COC3CCC(c4ccccc4)CC3)c(Br)ccc2c1C(=O)O. The van der Waals surface area contributed by atoms with Crippen LogP contribution in [-0.4, -0.2) is 55.1 Å². The molecule has 0 aliphatic heterocycles. The zero-order chi connectivity index (χ0) is 40.8. The van der Waals surface area contributed by atoms with Crippen molar-refractivity contribution < 1.29 is 28.9 Å². The average Bonchev–Trinajstić information content (AvgIpc) is 3.77. The van der Waals surface area contributed by atoms with E-state index in [1.807, 2.05) is 25.1 Å². The van der Waals surface area contributed by atoms with Crippen LogP contribution in [0, 0.1) is 13.8 Å². The van der Waals surface area contributed by atoms with Crippen molar-refractivity contribution in [3.05, 3.63) is 139 Å². The van der Waals surface area contributed by atoms with Gasteiger partial charge in [0.05, 0.1) is 65.8 Å². The minimum absolute atomic E-state index is 0.220. The van der Waals surface area contributed by atoms with Gasteiger partial charge in [0.1, 0.15) is 11.1 Å². The summed E-state index contributed by atoms with van der Waals surface area (Å²) in [5, 5.41) is 18.5. The molecule has 2 saturated carbocycles. The molecule has 10 nitrogen and oxygen atoms in total. The number of esters is 1. The number of carbonyl (C=O) groups excluding carboxylic acids is 1. The van der Waals surface area contributed by atoms with Gasteiger partial charge in [0.2, 0.25) is 0 Å². The van der Waals surface area contributed by atoms with Gasteiger partial charge in [-0.1, -0.05) is 60.7 Å². The first kappa shape index (κ1) is 41.8. The summed E-state index contributed by atoms with van der Waals surface area (Å²) in [5.74, 6) is -0.0513. The molecule has 0 bridgehead atoms. The Kier molecular flexibility index (Phi) is 13.8. The number of rotatable bonds is 11. The van der Waals surface area contributed by atoms with Gasteiger partial charge < -0.3 is 19.3 Å². The Bertz CT molecular complexity index is 2350. The highest BCUT2D eigenvalue weighted by molar-refractivity contribution is 9.10. The highest BCUT2D eigenvalue weighted by Gasteiger charge is 2.26. The molecule has 2 aliphatic rings. The van der Waals surface area contributed by atoms with E-state index in [0.29, 0.717) is 54.1 Å². The number of hydrogen-bond acceptors (Lipinski definition) is 7. The summed E-state index contributed by atoms with van der Waals surface area (Å²) < 4.78 is 23.0. The number of hydrogen-bond donors (Lipinski definition) is 1. The number of aryl methyl sites for hydroxylation is 2. The second-order valence-electron chi connectivity index (χ2n) is 15.2. The molecule has 6 aromatic rings. The lowest BCUT2D eigenvalue weighted by Gasteiger charge is -2.29. The van der Waals surface area contributed by atoms with E-state index in [9.17, 15) is 14.7 Å². The number of carboxylic acids is 1. The molecule has 0 atom stereocenters. The number of pyridine rings is 2. The van der Waals surface area contributed by atoms with Gasteiger partial charge in [-0.05, 0) is 151 Å². The van der Waals surface area contributed by atoms with Gasteiger partial charge in [-0.25, -0.2) is 18.6 Å². The lowest BCUT2D eigenvalue weighted by molar-refractivity contribution is 0.0106. The molecule has 0 unspecified atom stereocenters. The standard InChI is InChI=1S/C24H27BrN2O3.C22H23BrN2O3/c1-3-29-24(28)23-16(2)26-27-21(23)14-13-20(25)22(27)15-30-19-11-9-18(10-12-19)17-7-5-4-6-8-17;1-14-21(22(26)27)19-12-11-18(23)20(25(19)24-14)13-28-17-9-7-16(8-10-17)15-5-3-2-4-6-15/h4-8,13-14,18-19H,3,9-12,15H2,1-2H3;2-6,11-12,16-17H,7-10,13H2,1H3,(H,26,27). The second kappa shape index (κ2) is 19.1. The van der Waals surface area contributed by atoms with Crippen molar-refractivity contribution in [3.63, 3.8) is 0 Å². The summed E-state index contributed by atoms with van der Waals surface area (Å²) >= 11 is 7.19. The third-order valence-electron chi connectivity index (χ3n) is 11.5. The smallest absolute Gasteiger partial charge is 0.342 e. The van der Waals surface area contributed by atoms with Gasteiger partial charge in [-0.3, -0.25) is 0 Å². The van der Waals surface area contributed by atoms with Crippen LogP contribution in [0.2, 0.25) is 0 Å². The molecule has 0 spiro atoms. The molecule has 58 heavy (non-hydrogen) atoms. The molecule has 2 aromatic carbocycles. The number of fused-ring (bicyclic) bond motifs is 2. The molecule has 8 rings (SSSR count). The topological polar surface area (TPSA) is 117 Å². The highest BCUT2D eigenvalue weighted by Crippen LogP contribution is 2.36. The number of ether oxygens (including phenoxy) is 3. The summed E-state index contributed by atoms with van der Waals surface area (Å²) in [6.45, 7) is 6.55.